The van der Waals surface area contributed by atoms with Gasteiger partial charge < -0.3 is 15.0 Å². The van der Waals surface area contributed by atoms with Crippen LogP contribution in [0.3, 0.4) is 0 Å². The number of ether oxygens (including phenoxy) is 1. The molecule has 0 spiro atoms. The molecule has 0 saturated carbocycles. The molecule has 2 aliphatic rings. The minimum Gasteiger partial charge on any atom is -0.473 e. The van der Waals surface area contributed by atoms with Gasteiger partial charge in [0.15, 0.2) is 0 Å². The summed E-state index contributed by atoms with van der Waals surface area (Å²) in [5.41, 5.74) is 1.63. The van der Waals surface area contributed by atoms with Gasteiger partial charge in [0.1, 0.15) is 16.7 Å². The predicted molar refractivity (Wildman–Crippen MR) is 130 cm³/mol. The van der Waals surface area contributed by atoms with Crippen LogP contribution in [-0.2, 0) is 21.2 Å². The third-order valence-electron chi connectivity index (χ3n) is 6.50. The molecule has 2 aromatic carbocycles. The van der Waals surface area contributed by atoms with Gasteiger partial charge in [-0.3, -0.25) is 0 Å². The van der Waals surface area contributed by atoms with Gasteiger partial charge in [-0.25, -0.2) is 12.8 Å². The molecule has 1 fully saturated rings. The molecule has 4 rings (SSSR count). The summed E-state index contributed by atoms with van der Waals surface area (Å²) in [6.45, 7) is 9.25. The molecule has 1 saturated heterocycles. The van der Waals surface area contributed by atoms with Gasteiger partial charge in [-0.1, -0.05) is 37.3 Å². The monoisotopic (exact) mass is 473 g/mol. The normalized spacial score (nSPS) is 22.8. The second kappa shape index (κ2) is 9.43. The molecule has 0 aliphatic carbocycles. The Morgan fingerprint density at radius 3 is 2.45 bits per heavy atom. The zero-order chi connectivity index (χ0) is 23.6. The number of nitrogens with zero attached hydrogens (tertiary/aromatic N) is 2. The molecule has 178 valence electrons. The van der Waals surface area contributed by atoms with Crippen molar-refractivity contribution < 1.29 is 17.5 Å². The van der Waals surface area contributed by atoms with E-state index in [1.165, 1.54) is 6.07 Å². The number of anilines is 1. The van der Waals surface area contributed by atoms with Crippen LogP contribution in [0.15, 0.2) is 52.9 Å². The van der Waals surface area contributed by atoms with Crippen molar-refractivity contribution in [3.05, 3.63) is 65.5 Å². The first-order valence-corrected chi connectivity index (χ1v) is 13.0. The number of halogens is 1. The predicted octanol–water partition coefficient (Wildman–Crippen LogP) is 3.88. The molecule has 2 heterocycles. The summed E-state index contributed by atoms with van der Waals surface area (Å²) in [7, 11) is -3.80. The molecular formula is C25H32FN3O3S. The zero-order valence-electron chi connectivity index (χ0n) is 19.4. The minimum atomic E-state index is -3.80. The topological polar surface area (TPSA) is 71.0 Å². The van der Waals surface area contributed by atoms with Gasteiger partial charge in [-0.2, -0.15) is 0 Å². The van der Waals surface area contributed by atoms with E-state index in [2.05, 4.69) is 26.7 Å². The van der Waals surface area contributed by atoms with E-state index in [0.717, 1.165) is 37.4 Å². The van der Waals surface area contributed by atoms with E-state index in [1.807, 2.05) is 19.1 Å². The van der Waals surface area contributed by atoms with Crippen molar-refractivity contribution in [2.75, 3.05) is 31.1 Å². The molecular weight excluding hydrogens is 441 g/mol. The van der Waals surface area contributed by atoms with E-state index in [-0.39, 0.29) is 24.1 Å². The highest BCUT2D eigenvalue weighted by Crippen LogP contribution is 2.34. The summed E-state index contributed by atoms with van der Waals surface area (Å²) in [4.78, 5) is 2.32. The first-order chi connectivity index (χ1) is 15.7. The van der Waals surface area contributed by atoms with E-state index in [4.69, 9.17) is 4.74 Å². The molecule has 2 aromatic rings. The largest absolute Gasteiger partial charge is 0.473 e. The molecule has 1 N–H and O–H groups in total. The van der Waals surface area contributed by atoms with Crippen molar-refractivity contribution in [1.82, 2.24) is 5.32 Å². The van der Waals surface area contributed by atoms with Gasteiger partial charge in [0.25, 0.3) is 10.0 Å². The van der Waals surface area contributed by atoms with E-state index < -0.39 is 20.9 Å². The van der Waals surface area contributed by atoms with Crippen LogP contribution in [0.1, 0.15) is 44.2 Å². The Labute approximate surface area is 195 Å². The third-order valence-corrected chi connectivity index (χ3v) is 8.41. The fourth-order valence-electron chi connectivity index (χ4n) is 4.61. The zero-order valence-corrected chi connectivity index (χ0v) is 20.2. The average Bonchev–Trinajstić information content (AvgIpc) is 2.77. The molecule has 8 heteroatoms. The third kappa shape index (κ3) is 5.38. The van der Waals surface area contributed by atoms with Gasteiger partial charge in [-0.05, 0) is 55.5 Å². The maximum absolute atomic E-state index is 14.1. The lowest BCUT2D eigenvalue weighted by atomic mass is 9.95. The standard InChI is InChI=1S/C25H32FN3O3S/c1-18(21-6-4-5-7-22(21)26)16-24-28-33(30,31)23(25(2,3)32-24)17-19-8-10-20(11-9-19)29-14-12-27-13-15-29/h4-11,18,23,27H,12-17H2,1-3H3/t18-,23-/m1/s1. The van der Waals surface area contributed by atoms with E-state index in [0.29, 0.717) is 12.0 Å². The molecule has 6 nitrogen and oxygen atoms in total. The molecule has 0 aromatic heterocycles. The van der Waals surface area contributed by atoms with Crippen molar-refractivity contribution >= 4 is 21.6 Å². The Bertz CT molecular complexity index is 1110. The first-order valence-electron chi connectivity index (χ1n) is 11.5. The summed E-state index contributed by atoms with van der Waals surface area (Å²) in [6.07, 6.45) is 0.534. The van der Waals surface area contributed by atoms with Crippen LogP contribution in [-0.4, -0.2) is 51.3 Å². The summed E-state index contributed by atoms with van der Waals surface area (Å²) < 4.78 is 50.5. The van der Waals surface area contributed by atoms with Crippen LogP contribution in [0.5, 0.6) is 0 Å². The van der Waals surface area contributed by atoms with E-state index in [1.54, 1.807) is 32.0 Å². The Kier molecular flexibility index (Phi) is 6.77. The Balaban J connectivity index is 1.49. The van der Waals surface area contributed by atoms with Gasteiger partial charge in [0.2, 0.25) is 5.90 Å². The molecule has 0 unspecified atom stereocenters. The van der Waals surface area contributed by atoms with E-state index >= 15 is 0 Å². The van der Waals surface area contributed by atoms with Crippen molar-refractivity contribution in [1.29, 1.82) is 0 Å². The highest BCUT2D eigenvalue weighted by atomic mass is 32.2. The van der Waals surface area contributed by atoms with Crippen LogP contribution in [0.4, 0.5) is 10.1 Å². The highest BCUT2D eigenvalue weighted by Gasteiger charge is 2.46. The molecule has 0 amide bonds. The average molecular weight is 474 g/mol. The number of sulfonamides is 1. The van der Waals surface area contributed by atoms with Crippen LogP contribution in [0.25, 0.3) is 0 Å². The SMILES string of the molecule is C[C@H](CC1=NS(=O)(=O)[C@H](Cc2ccc(N3CCNCC3)cc2)C(C)(C)O1)c1ccccc1F. The van der Waals surface area contributed by atoms with Crippen LogP contribution in [0, 0.1) is 5.82 Å². The second-order valence-electron chi connectivity index (χ2n) is 9.43. The lowest BCUT2D eigenvalue weighted by Crippen LogP contribution is -2.50. The van der Waals surface area contributed by atoms with Crippen molar-refractivity contribution in [3.8, 4) is 0 Å². The van der Waals surface area contributed by atoms with E-state index in [9.17, 15) is 12.8 Å². The first kappa shape index (κ1) is 23.7. The van der Waals surface area contributed by atoms with Crippen molar-refractivity contribution in [2.24, 2.45) is 4.40 Å². The lowest BCUT2D eigenvalue weighted by molar-refractivity contribution is 0.0803. The van der Waals surface area contributed by atoms with Crippen molar-refractivity contribution in [2.45, 2.75) is 50.4 Å². The minimum absolute atomic E-state index is 0.140. The van der Waals surface area contributed by atoms with Gasteiger partial charge in [0.05, 0.1) is 0 Å². The Hall–Kier alpha value is -2.45. The smallest absolute Gasteiger partial charge is 0.263 e. The maximum Gasteiger partial charge on any atom is 0.263 e. The number of hydrogen-bond donors (Lipinski definition) is 1. The van der Waals surface area contributed by atoms with Crippen LogP contribution in [0.2, 0.25) is 0 Å². The Morgan fingerprint density at radius 1 is 1.15 bits per heavy atom. The molecule has 0 radical (unpaired) electrons. The summed E-state index contributed by atoms with van der Waals surface area (Å²) in [5, 5.41) is 2.54. The van der Waals surface area contributed by atoms with Crippen LogP contribution >= 0.6 is 0 Å². The fraction of sp³-hybridized carbons (Fsp3) is 0.480. The number of piperazine rings is 1. The summed E-state index contributed by atoms with van der Waals surface area (Å²) in [5.74, 6) is -0.434. The van der Waals surface area contributed by atoms with Gasteiger partial charge in [0, 0.05) is 38.3 Å². The number of nitrogens with one attached hydrogen (secondary N) is 1. The molecule has 2 atom stereocenters. The fourth-order valence-corrected chi connectivity index (χ4v) is 6.30. The molecule has 0 bridgehead atoms. The summed E-state index contributed by atoms with van der Waals surface area (Å²) in [6, 6.07) is 14.6. The molecule has 2 aliphatic heterocycles. The van der Waals surface area contributed by atoms with Gasteiger partial charge in [-0.15, -0.1) is 4.40 Å². The lowest BCUT2D eigenvalue weighted by Gasteiger charge is -2.37. The quantitative estimate of drug-likeness (QED) is 0.690. The number of rotatable bonds is 6. The Morgan fingerprint density at radius 2 is 1.82 bits per heavy atom. The maximum atomic E-state index is 14.1. The van der Waals surface area contributed by atoms with Gasteiger partial charge >= 0.3 is 0 Å². The number of benzene rings is 2. The second-order valence-corrected chi connectivity index (χ2v) is 11.2. The van der Waals surface area contributed by atoms with Crippen LogP contribution < -0.4 is 10.2 Å². The van der Waals surface area contributed by atoms with Crippen molar-refractivity contribution in [3.63, 3.8) is 0 Å². The molecule has 33 heavy (non-hydrogen) atoms. The number of hydrogen-bond acceptors (Lipinski definition) is 5. The summed E-state index contributed by atoms with van der Waals surface area (Å²) >= 11 is 0. The highest BCUT2D eigenvalue weighted by molar-refractivity contribution is 7.91.